The molecule has 0 saturated heterocycles. The molecule has 0 atom stereocenters. The minimum atomic E-state index is -0.788. The van der Waals surface area contributed by atoms with Crippen molar-refractivity contribution in [2.45, 2.75) is 6.92 Å². The number of phenols is 1. The number of para-hydroxylation sites is 1. The molecule has 1 amide bonds. The Labute approximate surface area is 142 Å². The first-order valence-electron chi connectivity index (χ1n) is 6.59. The van der Waals surface area contributed by atoms with E-state index in [-0.39, 0.29) is 16.3 Å². The average Bonchev–Trinajstić information content (AvgIpc) is 2.50. The highest BCUT2D eigenvalue weighted by Gasteiger charge is 2.16. The van der Waals surface area contributed by atoms with E-state index in [1.54, 1.807) is 25.1 Å². The number of hydrogen-bond donors (Lipinski definition) is 2. The number of benzene rings is 2. The molecule has 0 radical (unpaired) electrons. The highest BCUT2D eigenvalue weighted by molar-refractivity contribution is 6.36. The molecule has 0 heterocycles. The van der Waals surface area contributed by atoms with Gasteiger partial charge in [0.2, 0.25) is 0 Å². The number of aromatic hydroxyl groups is 1. The SMILES string of the molecule is Cc1cccc(C(=O)OCC(=O)Nc2ccc(Cl)cc2Cl)c1O. The number of carbonyl (C=O) groups excluding carboxylic acids is 2. The Morgan fingerprint density at radius 2 is 1.96 bits per heavy atom. The standard InChI is InChI=1S/C16H13Cl2NO4/c1-9-3-2-4-11(15(9)21)16(22)23-8-14(20)19-13-6-5-10(17)7-12(13)18/h2-7,21H,8H2,1H3,(H,19,20). The van der Waals surface area contributed by atoms with Gasteiger partial charge in [-0.25, -0.2) is 4.79 Å². The fraction of sp³-hybridized carbons (Fsp3) is 0.125. The van der Waals surface area contributed by atoms with Crippen LogP contribution in [-0.2, 0) is 9.53 Å². The van der Waals surface area contributed by atoms with E-state index in [9.17, 15) is 14.7 Å². The van der Waals surface area contributed by atoms with E-state index in [2.05, 4.69) is 5.32 Å². The number of rotatable bonds is 4. The van der Waals surface area contributed by atoms with Crippen LogP contribution in [0.3, 0.4) is 0 Å². The van der Waals surface area contributed by atoms with Crippen molar-refractivity contribution in [1.29, 1.82) is 0 Å². The molecule has 0 fully saturated rings. The molecule has 0 unspecified atom stereocenters. The number of nitrogens with one attached hydrogen (secondary N) is 1. The third-order valence-electron chi connectivity index (χ3n) is 3.00. The zero-order valence-corrected chi connectivity index (χ0v) is 13.6. The van der Waals surface area contributed by atoms with Crippen molar-refractivity contribution in [3.05, 3.63) is 57.6 Å². The molecule has 0 bridgehead atoms. The molecule has 0 spiro atoms. The number of ether oxygens (including phenoxy) is 1. The van der Waals surface area contributed by atoms with E-state index in [1.807, 2.05) is 0 Å². The quantitative estimate of drug-likeness (QED) is 0.819. The second-order valence-electron chi connectivity index (χ2n) is 4.72. The lowest BCUT2D eigenvalue weighted by Gasteiger charge is -2.09. The predicted molar refractivity (Wildman–Crippen MR) is 88.2 cm³/mol. The van der Waals surface area contributed by atoms with Gasteiger partial charge < -0.3 is 15.2 Å². The maximum atomic E-state index is 11.9. The summed E-state index contributed by atoms with van der Waals surface area (Å²) in [5.74, 6) is -1.52. The van der Waals surface area contributed by atoms with Crippen LogP contribution in [0.4, 0.5) is 5.69 Å². The molecule has 23 heavy (non-hydrogen) atoms. The monoisotopic (exact) mass is 353 g/mol. The van der Waals surface area contributed by atoms with Crippen molar-refractivity contribution in [1.82, 2.24) is 0 Å². The Kier molecular flexibility index (Phi) is 5.47. The van der Waals surface area contributed by atoms with Gasteiger partial charge in [-0.05, 0) is 36.8 Å². The third-order valence-corrected chi connectivity index (χ3v) is 3.55. The van der Waals surface area contributed by atoms with E-state index in [0.29, 0.717) is 16.3 Å². The molecule has 0 aliphatic rings. The van der Waals surface area contributed by atoms with Crippen LogP contribution in [0.2, 0.25) is 10.0 Å². The number of amides is 1. The van der Waals surface area contributed by atoms with E-state index >= 15 is 0 Å². The number of phenolic OH excluding ortho intramolecular Hbond substituents is 1. The molecule has 0 saturated carbocycles. The summed E-state index contributed by atoms with van der Waals surface area (Å²) in [4.78, 5) is 23.7. The average molecular weight is 354 g/mol. The van der Waals surface area contributed by atoms with Gasteiger partial charge in [0.05, 0.1) is 10.7 Å². The molecule has 120 valence electrons. The minimum Gasteiger partial charge on any atom is -0.507 e. The number of halogens is 2. The number of aryl methyl sites for hydroxylation is 1. The first-order valence-corrected chi connectivity index (χ1v) is 7.34. The fourth-order valence-corrected chi connectivity index (χ4v) is 2.27. The van der Waals surface area contributed by atoms with E-state index in [1.165, 1.54) is 18.2 Å². The second-order valence-corrected chi connectivity index (χ2v) is 5.56. The summed E-state index contributed by atoms with van der Waals surface area (Å²) in [6.07, 6.45) is 0. The van der Waals surface area contributed by atoms with Crippen LogP contribution in [-0.4, -0.2) is 23.6 Å². The molecule has 5 nitrogen and oxygen atoms in total. The van der Waals surface area contributed by atoms with Gasteiger partial charge in [0.1, 0.15) is 11.3 Å². The smallest absolute Gasteiger partial charge is 0.342 e. The Bertz CT molecular complexity index is 762. The summed E-state index contributed by atoms with van der Waals surface area (Å²) >= 11 is 11.7. The Morgan fingerprint density at radius 1 is 1.22 bits per heavy atom. The summed E-state index contributed by atoms with van der Waals surface area (Å²) < 4.78 is 4.88. The van der Waals surface area contributed by atoms with Gasteiger partial charge in [-0.2, -0.15) is 0 Å². The van der Waals surface area contributed by atoms with Crippen LogP contribution in [0.15, 0.2) is 36.4 Å². The van der Waals surface area contributed by atoms with Crippen LogP contribution in [0.25, 0.3) is 0 Å². The highest BCUT2D eigenvalue weighted by Crippen LogP contribution is 2.25. The van der Waals surface area contributed by atoms with Crippen LogP contribution < -0.4 is 5.32 Å². The topological polar surface area (TPSA) is 75.6 Å². The van der Waals surface area contributed by atoms with E-state index in [0.717, 1.165) is 0 Å². The van der Waals surface area contributed by atoms with E-state index < -0.39 is 18.5 Å². The Hall–Kier alpha value is -2.24. The second kappa shape index (κ2) is 7.35. The van der Waals surface area contributed by atoms with Crippen molar-refractivity contribution in [2.75, 3.05) is 11.9 Å². The van der Waals surface area contributed by atoms with Gasteiger partial charge in [-0.15, -0.1) is 0 Å². The van der Waals surface area contributed by atoms with Gasteiger partial charge in [0, 0.05) is 5.02 Å². The highest BCUT2D eigenvalue weighted by atomic mass is 35.5. The molecule has 2 aromatic rings. The Balaban J connectivity index is 1.96. The van der Waals surface area contributed by atoms with Crippen LogP contribution >= 0.6 is 23.2 Å². The molecular weight excluding hydrogens is 341 g/mol. The molecule has 7 heteroatoms. The van der Waals surface area contributed by atoms with Crippen molar-refractivity contribution in [2.24, 2.45) is 0 Å². The normalized spacial score (nSPS) is 10.2. The maximum absolute atomic E-state index is 11.9. The summed E-state index contributed by atoms with van der Waals surface area (Å²) in [5.41, 5.74) is 0.898. The lowest BCUT2D eigenvalue weighted by atomic mass is 10.1. The van der Waals surface area contributed by atoms with Crippen LogP contribution in [0.1, 0.15) is 15.9 Å². The van der Waals surface area contributed by atoms with E-state index in [4.69, 9.17) is 27.9 Å². The summed E-state index contributed by atoms with van der Waals surface area (Å²) in [7, 11) is 0. The molecule has 2 aromatic carbocycles. The van der Waals surface area contributed by atoms with Gasteiger partial charge in [0.15, 0.2) is 6.61 Å². The third kappa shape index (κ3) is 4.37. The maximum Gasteiger partial charge on any atom is 0.342 e. The predicted octanol–water partition coefficient (Wildman–Crippen LogP) is 3.80. The van der Waals surface area contributed by atoms with Gasteiger partial charge in [-0.1, -0.05) is 35.3 Å². The summed E-state index contributed by atoms with van der Waals surface area (Å²) in [5, 5.41) is 13.0. The molecule has 0 aromatic heterocycles. The first kappa shape index (κ1) is 17.1. The lowest BCUT2D eigenvalue weighted by molar-refractivity contribution is -0.119. The van der Waals surface area contributed by atoms with Crippen molar-refractivity contribution in [3.8, 4) is 5.75 Å². The van der Waals surface area contributed by atoms with Crippen molar-refractivity contribution >= 4 is 40.8 Å². The van der Waals surface area contributed by atoms with Gasteiger partial charge in [-0.3, -0.25) is 4.79 Å². The number of hydrogen-bond acceptors (Lipinski definition) is 4. The fourth-order valence-electron chi connectivity index (χ4n) is 1.81. The largest absolute Gasteiger partial charge is 0.507 e. The first-order chi connectivity index (χ1) is 10.9. The number of esters is 1. The van der Waals surface area contributed by atoms with Crippen molar-refractivity contribution in [3.63, 3.8) is 0 Å². The zero-order valence-electron chi connectivity index (χ0n) is 12.1. The summed E-state index contributed by atoms with van der Waals surface area (Å²) in [6, 6.07) is 9.27. The molecule has 2 rings (SSSR count). The summed E-state index contributed by atoms with van der Waals surface area (Å²) in [6.45, 7) is 1.15. The van der Waals surface area contributed by atoms with Crippen LogP contribution in [0, 0.1) is 6.92 Å². The molecule has 0 aliphatic carbocycles. The van der Waals surface area contributed by atoms with Gasteiger partial charge in [0.25, 0.3) is 5.91 Å². The lowest BCUT2D eigenvalue weighted by Crippen LogP contribution is -2.21. The van der Waals surface area contributed by atoms with Crippen molar-refractivity contribution < 1.29 is 19.4 Å². The molecular formula is C16H13Cl2NO4. The number of anilines is 1. The van der Waals surface area contributed by atoms with Gasteiger partial charge >= 0.3 is 5.97 Å². The molecule has 0 aliphatic heterocycles. The molecule has 2 N–H and O–H groups in total. The number of carbonyl (C=O) groups is 2. The minimum absolute atomic E-state index is 0.00215. The Morgan fingerprint density at radius 3 is 2.65 bits per heavy atom. The van der Waals surface area contributed by atoms with Crippen LogP contribution in [0.5, 0.6) is 5.75 Å². The zero-order chi connectivity index (χ0) is 17.0.